The summed E-state index contributed by atoms with van der Waals surface area (Å²) >= 11 is 0. The Balaban J connectivity index is 2.00. The van der Waals surface area contributed by atoms with Crippen LogP contribution in [0.3, 0.4) is 0 Å². The maximum Gasteiger partial charge on any atom is 0.247 e. The van der Waals surface area contributed by atoms with Crippen molar-refractivity contribution in [3.8, 4) is 22.6 Å². The molecule has 0 bridgehead atoms. The van der Waals surface area contributed by atoms with Crippen LogP contribution in [-0.2, 0) is 4.79 Å². The Labute approximate surface area is 196 Å². The molecule has 33 heavy (non-hydrogen) atoms. The molecule has 1 saturated carbocycles. The van der Waals surface area contributed by atoms with Gasteiger partial charge in [-0.3, -0.25) is 4.79 Å². The summed E-state index contributed by atoms with van der Waals surface area (Å²) in [5.41, 5.74) is 3.90. The fourth-order valence-corrected chi connectivity index (χ4v) is 4.29. The van der Waals surface area contributed by atoms with Crippen LogP contribution >= 0.6 is 0 Å². The molecule has 2 N–H and O–H groups in total. The van der Waals surface area contributed by atoms with Crippen molar-refractivity contribution in [2.45, 2.75) is 65.5 Å². The number of allylic oxidation sites excluding steroid dienone is 1. The minimum absolute atomic E-state index is 0.0659. The molecule has 0 saturated heterocycles. The van der Waals surface area contributed by atoms with Gasteiger partial charge in [0.25, 0.3) is 0 Å². The van der Waals surface area contributed by atoms with E-state index in [2.05, 4.69) is 10.6 Å². The van der Waals surface area contributed by atoms with Gasteiger partial charge in [0.1, 0.15) is 17.3 Å². The summed E-state index contributed by atoms with van der Waals surface area (Å²) in [5, 5.41) is 6.34. The third-order valence-electron chi connectivity index (χ3n) is 6.23. The highest BCUT2D eigenvalue weighted by molar-refractivity contribution is 6.01. The lowest BCUT2D eigenvalue weighted by atomic mass is 9.95. The summed E-state index contributed by atoms with van der Waals surface area (Å²) in [6, 6.07) is 9.10. The first-order valence-electron chi connectivity index (χ1n) is 11.6. The van der Waals surface area contributed by atoms with Gasteiger partial charge < -0.3 is 20.1 Å². The number of anilines is 1. The van der Waals surface area contributed by atoms with E-state index < -0.39 is 0 Å². The molecule has 1 aliphatic rings. The third-order valence-corrected chi connectivity index (χ3v) is 6.23. The van der Waals surface area contributed by atoms with Gasteiger partial charge in [-0.15, -0.1) is 0 Å². The van der Waals surface area contributed by atoms with Gasteiger partial charge in [0, 0.05) is 40.0 Å². The van der Waals surface area contributed by atoms with Crippen molar-refractivity contribution < 1.29 is 18.7 Å². The third kappa shape index (κ3) is 5.67. The Morgan fingerprint density at radius 3 is 2.24 bits per heavy atom. The van der Waals surface area contributed by atoms with Gasteiger partial charge in [0.15, 0.2) is 0 Å². The number of carbonyl (C=O) groups is 1. The van der Waals surface area contributed by atoms with Gasteiger partial charge in [0.2, 0.25) is 5.91 Å². The molecule has 1 fully saturated rings. The van der Waals surface area contributed by atoms with Crippen LogP contribution in [0.1, 0.15) is 58.9 Å². The molecule has 0 aliphatic heterocycles. The molecule has 2 aromatic carbocycles. The Bertz CT molecular complexity index is 1040. The highest BCUT2D eigenvalue weighted by Gasteiger charge is 2.22. The van der Waals surface area contributed by atoms with E-state index >= 15 is 4.39 Å². The molecule has 5 nitrogen and oxygen atoms in total. The van der Waals surface area contributed by atoms with Crippen LogP contribution in [0.5, 0.6) is 11.5 Å². The van der Waals surface area contributed by atoms with Crippen molar-refractivity contribution in [1.82, 2.24) is 5.32 Å². The molecular weight excluding hydrogens is 419 g/mol. The Morgan fingerprint density at radius 1 is 1.00 bits per heavy atom. The van der Waals surface area contributed by atoms with Crippen LogP contribution in [0.2, 0.25) is 0 Å². The molecule has 1 aliphatic carbocycles. The van der Waals surface area contributed by atoms with Gasteiger partial charge >= 0.3 is 0 Å². The molecule has 0 radical (unpaired) electrons. The van der Waals surface area contributed by atoms with Gasteiger partial charge in [-0.2, -0.15) is 0 Å². The lowest BCUT2D eigenvalue weighted by molar-refractivity contribution is -0.118. The van der Waals surface area contributed by atoms with E-state index in [4.69, 9.17) is 9.47 Å². The van der Waals surface area contributed by atoms with E-state index in [1.54, 1.807) is 26.4 Å². The van der Waals surface area contributed by atoms with Crippen LogP contribution in [-0.4, -0.2) is 32.2 Å². The smallest absolute Gasteiger partial charge is 0.247 e. The molecule has 178 valence electrons. The lowest BCUT2D eigenvalue weighted by Crippen LogP contribution is -2.33. The predicted molar refractivity (Wildman–Crippen MR) is 132 cm³/mol. The first kappa shape index (κ1) is 24.6. The van der Waals surface area contributed by atoms with Gasteiger partial charge in [-0.05, 0) is 76.4 Å². The zero-order chi connectivity index (χ0) is 24.1. The van der Waals surface area contributed by atoms with E-state index in [1.165, 1.54) is 6.07 Å². The summed E-state index contributed by atoms with van der Waals surface area (Å²) in [7, 11) is 3.13. The van der Waals surface area contributed by atoms with E-state index in [0.717, 1.165) is 42.5 Å². The van der Waals surface area contributed by atoms with Crippen molar-refractivity contribution in [3.05, 3.63) is 47.3 Å². The highest BCUT2D eigenvalue weighted by atomic mass is 19.1. The van der Waals surface area contributed by atoms with Crippen LogP contribution in [0, 0.1) is 5.82 Å². The average Bonchev–Trinajstić information content (AvgIpc) is 3.30. The molecule has 1 amide bonds. The molecular formula is C27H35FN2O3. The molecule has 0 spiro atoms. The maximum absolute atomic E-state index is 15.0. The second-order valence-electron chi connectivity index (χ2n) is 8.95. The number of hydrogen-bond donors (Lipinski definition) is 2. The number of ether oxygens (including phenoxy) is 2. The minimum Gasteiger partial charge on any atom is -0.496 e. The van der Waals surface area contributed by atoms with Crippen molar-refractivity contribution in [2.24, 2.45) is 0 Å². The molecule has 0 heterocycles. The summed E-state index contributed by atoms with van der Waals surface area (Å²) < 4.78 is 26.3. The van der Waals surface area contributed by atoms with Gasteiger partial charge in [0.05, 0.1) is 14.2 Å². The first-order chi connectivity index (χ1) is 15.7. The number of amides is 1. The van der Waals surface area contributed by atoms with Crippen molar-refractivity contribution in [1.29, 1.82) is 0 Å². The zero-order valence-electron chi connectivity index (χ0n) is 20.5. The van der Waals surface area contributed by atoms with Crippen LogP contribution in [0.25, 0.3) is 16.7 Å². The second-order valence-corrected chi connectivity index (χ2v) is 8.95. The highest BCUT2D eigenvalue weighted by Crippen LogP contribution is 2.41. The Hall–Kier alpha value is -3.02. The monoisotopic (exact) mass is 454 g/mol. The normalized spacial score (nSPS) is 14.8. The van der Waals surface area contributed by atoms with E-state index in [-0.39, 0.29) is 23.8 Å². The van der Waals surface area contributed by atoms with Crippen molar-refractivity contribution >= 4 is 17.2 Å². The molecule has 3 rings (SSSR count). The Kier molecular flexibility index (Phi) is 8.01. The lowest BCUT2D eigenvalue weighted by Gasteiger charge is -2.19. The van der Waals surface area contributed by atoms with Crippen LogP contribution < -0.4 is 20.1 Å². The van der Waals surface area contributed by atoms with Crippen LogP contribution in [0.4, 0.5) is 10.1 Å². The van der Waals surface area contributed by atoms with Crippen molar-refractivity contribution in [3.63, 3.8) is 0 Å². The molecule has 0 atom stereocenters. The van der Waals surface area contributed by atoms with Crippen LogP contribution in [0.15, 0.2) is 35.9 Å². The number of hydrogen-bond acceptors (Lipinski definition) is 4. The number of rotatable bonds is 8. The number of methoxy groups -OCH3 is 2. The van der Waals surface area contributed by atoms with Crippen molar-refractivity contribution in [2.75, 3.05) is 19.5 Å². The number of nitrogens with one attached hydrogen (secondary N) is 2. The fourth-order valence-electron chi connectivity index (χ4n) is 4.29. The minimum atomic E-state index is -0.354. The van der Waals surface area contributed by atoms with Gasteiger partial charge in [-0.1, -0.05) is 12.8 Å². The fraction of sp³-hybridized carbons (Fsp3) is 0.444. The number of halogens is 1. The summed E-state index contributed by atoms with van der Waals surface area (Å²) in [5.74, 6) is 0.648. The molecule has 2 aromatic rings. The SMILES string of the molecule is COc1cc(-c2ccc(NC(C)C)cc2F)c(OC)cc1/C(C)=C(\C)C(=O)NC1CCCC1. The van der Waals surface area contributed by atoms with Gasteiger partial charge in [-0.25, -0.2) is 4.39 Å². The summed E-state index contributed by atoms with van der Waals surface area (Å²) in [4.78, 5) is 12.8. The molecule has 0 unspecified atom stereocenters. The Morgan fingerprint density at radius 2 is 1.67 bits per heavy atom. The van der Waals surface area contributed by atoms with E-state index in [1.807, 2.05) is 39.8 Å². The predicted octanol–water partition coefficient (Wildman–Crippen LogP) is 6.18. The molecule has 6 heteroatoms. The largest absolute Gasteiger partial charge is 0.496 e. The number of benzene rings is 2. The van der Waals surface area contributed by atoms with E-state index in [0.29, 0.717) is 28.2 Å². The molecule has 0 aromatic heterocycles. The first-order valence-corrected chi connectivity index (χ1v) is 11.6. The quantitative estimate of drug-likeness (QED) is 0.468. The second kappa shape index (κ2) is 10.7. The maximum atomic E-state index is 15.0. The average molecular weight is 455 g/mol. The zero-order valence-corrected chi connectivity index (χ0v) is 20.5. The standard InChI is InChI=1S/C27H35FN2O3/c1-16(2)29-20-11-12-21(24(28)13-20)23-15-25(32-5)22(14-26(23)33-6)17(3)18(4)27(31)30-19-9-7-8-10-19/h11-16,19,29H,7-10H2,1-6H3,(H,30,31)/b18-17+. The topological polar surface area (TPSA) is 59.6 Å². The van der Waals surface area contributed by atoms with E-state index in [9.17, 15) is 4.79 Å². The number of carbonyl (C=O) groups excluding carboxylic acids is 1. The summed E-state index contributed by atoms with van der Waals surface area (Å²) in [6.45, 7) is 7.72. The summed E-state index contributed by atoms with van der Waals surface area (Å²) in [6.07, 6.45) is 4.37.